The number of guanidine groups is 1. The van der Waals surface area contributed by atoms with Gasteiger partial charge < -0.3 is 10.2 Å². The Kier molecular flexibility index (Phi) is 5.57. The van der Waals surface area contributed by atoms with Gasteiger partial charge >= 0.3 is 0 Å². The molecule has 1 aromatic carbocycles. The van der Waals surface area contributed by atoms with Crippen LogP contribution < -0.4 is 5.32 Å². The third-order valence-corrected chi connectivity index (χ3v) is 5.17. The maximum atomic E-state index is 4.47. The highest BCUT2D eigenvalue weighted by atomic mass is 32.2. The van der Waals surface area contributed by atoms with Crippen LogP contribution >= 0.6 is 11.8 Å². The van der Waals surface area contributed by atoms with E-state index in [1.54, 1.807) is 0 Å². The molecule has 21 heavy (non-hydrogen) atoms. The third-order valence-electron chi connectivity index (χ3n) is 3.87. The molecular weight excluding hydrogens is 278 g/mol. The normalized spacial score (nSPS) is 20.2. The van der Waals surface area contributed by atoms with Crippen molar-refractivity contribution in [2.45, 2.75) is 31.4 Å². The summed E-state index contributed by atoms with van der Waals surface area (Å²) in [5.74, 6) is 2.68. The van der Waals surface area contributed by atoms with Crippen molar-refractivity contribution < 1.29 is 0 Å². The molecule has 0 saturated carbocycles. The SMILES string of the molecule is CN=C(NCC(C)c1ccccc1)N1CCSC(C)(C)C1. The lowest BCUT2D eigenvalue weighted by Crippen LogP contribution is -2.51. The fourth-order valence-electron chi connectivity index (χ4n) is 2.67. The number of nitrogens with one attached hydrogen (secondary N) is 1. The summed E-state index contributed by atoms with van der Waals surface area (Å²) in [6, 6.07) is 10.7. The number of benzene rings is 1. The molecule has 1 fully saturated rings. The number of nitrogens with zero attached hydrogens (tertiary/aromatic N) is 2. The lowest BCUT2D eigenvalue weighted by molar-refractivity contribution is 0.375. The molecule has 0 aromatic heterocycles. The Balaban J connectivity index is 1.91. The smallest absolute Gasteiger partial charge is 0.193 e. The van der Waals surface area contributed by atoms with Gasteiger partial charge in [-0.2, -0.15) is 11.8 Å². The van der Waals surface area contributed by atoms with Gasteiger partial charge in [-0.1, -0.05) is 37.3 Å². The standard InChI is InChI=1S/C17H27N3S/c1-14(15-8-6-5-7-9-15)12-19-16(18-4)20-10-11-21-17(2,3)13-20/h5-9,14H,10-13H2,1-4H3,(H,18,19). The molecule has 0 amide bonds. The van der Waals surface area contributed by atoms with E-state index in [0.717, 1.165) is 25.6 Å². The van der Waals surface area contributed by atoms with Crippen molar-refractivity contribution in [2.75, 3.05) is 32.4 Å². The molecule has 1 atom stereocenters. The minimum atomic E-state index is 0.306. The summed E-state index contributed by atoms with van der Waals surface area (Å²) in [6.45, 7) is 9.92. The van der Waals surface area contributed by atoms with E-state index in [1.165, 1.54) is 11.3 Å². The minimum absolute atomic E-state index is 0.306. The van der Waals surface area contributed by atoms with Crippen molar-refractivity contribution in [3.05, 3.63) is 35.9 Å². The molecule has 0 radical (unpaired) electrons. The third kappa shape index (κ3) is 4.67. The zero-order valence-electron chi connectivity index (χ0n) is 13.6. The fourth-order valence-corrected chi connectivity index (χ4v) is 3.78. The van der Waals surface area contributed by atoms with Crippen LogP contribution in [0, 0.1) is 0 Å². The number of rotatable bonds is 3. The first-order chi connectivity index (χ1) is 10.0. The zero-order chi connectivity index (χ0) is 15.3. The lowest BCUT2D eigenvalue weighted by atomic mass is 10.0. The number of hydrogen-bond donors (Lipinski definition) is 1. The summed E-state index contributed by atoms with van der Waals surface area (Å²) in [5, 5.41) is 3.54. The molecular formula is C17H27N3S. The van der Waals surface area contributed by atoms with E-state index in [2.05, 4.69) is 66.3 Å². The van der Waals surface area contributed by atoms with Crippen molar-refractivity contribution in [1.82, 2.24) is 10.2 Å². The van der Waals surface area contributed by atoms with Crippen LogP contribution in [0.3, 0.4) is 0 Å². The average Bonchev–Trinajstić information content (AvgIpc) is 2.47. The van der Waals surface area contributed by atoms with Gasteiger partial charge in [-0.3, -0.25) is 4.99 Å². The van der Waals surface area contributed by atoms with E-state index in [4.69, 9.17) is 0 Å². The van der Waals surface area contributed by atoms with Crippen LogP contribution in [-0.2, 0) is 0 Å². The molecule has 1 unspecified atom stereocenters. The molecule has 4 heteroatoms. The van der Waals surface area contributed by atoms with E-state index >= 15 is 0 Å². The second-order valence-electron chi connectivity index (χ2n) is 6.27. The van der Waals surface area contributed by atoms with Crippen molar-refractivity contribution in [3.8, 4) is 0 Å². The molecule has 1 aliphatic rings. The van der Waals surface area contributed by atoms with Gasteiger partial charge in [0.15, 0.2) is 5.96 Å². The van der Waals surface area contributed by atoms with Crippen LogP contribution in [0.2, 0.25) is 0 Å². The molecule has 1 aromatic rings. The largest absolute Gasteiger partial charge is 0.356 e. The Morgan fingerprint density at radius 1 is 1.38 bits per heavy atom. The Bertz CT molecular complexity index is 470. The molecule has 1 heterocycles. The summed E-state index contributed by atoms with van der Waals surface area (Å²) >= 11 is 2.05. The molecule has 0 spiro atoms. The van der Waals surface area contributed by atoms with Crippen molar-refractivity contribution in [2.24, 2.45) is 4.99 Å². The van der Waals surface area contributed by atoms with Gasteiger partial charge in [0.05, 0.1) is 0 Å². The number of aliphatic imine (C=N–C) groups is 1. The molecule has 116 valence electrons. The molecule has 1 saturated heterocycles. The van der Waals surface area contributed by atoms with Gasteiger partial charge in [-0.05, 0) is 25.3 Å². The second-order valence-corrected chi connectivity index (χ2v) is 8.07. The van der Waals surface area contributed by atoms with E-state index in [-0.39, 0.29) is 0 Å². The van der Waals surface area contributed by atoms with Gasteiger partial charge in [0.2, 0.25) is 0 Å². The van der Waals surface area contributed by atoms with Crippen LogP contribution in [0.15, 0.2) is 35.3 Å². The highest BCUT2D eigenvalue weighted by molar-refractivity contribution is 8.00. The van der Waals surface area contributed by atoms with Gasteiger partial charge in [0.1, 0.15) is 0 Å². The van der Waals surface area contributed by atoms with Crippen LogP contribution in [0.5, 0.6) is 0 Å². The first kappa shape index (κ1) is 16.2. The molecule has 1 aliphatic heterocycles. The van der Waals surface area contributed by atoms with Gasteiger partial charge in [0, 0.05) is 37.2 Å². The first-order valence-electron chi connectivity index (χ1n) is 7.66. The Labute approximate surface area is 133 Å². The van der Waals surface area contributed by atoms with Crippen molar-refractivity contribution in [1.29, 1.82) is 0 Å². The Morgan fingerprint density at radius 2 is 2.10 bits per heavy atom. The van der Waals surface area contributed by atoms with Gasteiger partial charge in [-0.15, -0.1) is 0 Å². The van der Waals surface area contributed by atoms with Crippen LogP contribution in [0.25, 0.3) is 0 Å². The van der Waals surface area contributed by atoms with Gasteiger partial charge in [-0.25, -0.2) is 0 Å². The molecule has 2 rings (SSSR count). The summed E-state index contributed by atoms with van der Waals surface area (Å²) in [4.78, 5) is 6.85. The van der Waals surface area contributed by atoms with Crippen LogP contribution in [0.4, 0.5) is 0 Å². The Hall–Kier alpha value is -1.16. The zero-order valence-corrected chi connectivity index (χ0v) is 14.4. The molecule has 1 N–H and O–H groups in total. The molecule has 0 aliphatic carbocycles. The van der Waals surface area contributed by atoms with Gasteiger partial charge in [0.25, 0.3) is 0 Å². The first-order valence-corrected chi connectivity index (χ1v) is 8.65. The minimum Gasteiger partial charge on any atom is -0.356 e. The predicted molar refractivity (Wildman–Crippen MR) is 94.3 cm³/mol. The second kappa shape index (κ2) is 7.21. The molecule has 0 bridgehead atoms. The van der Waals surface area contributed by atoms with Crippen LogP contribution in [-0.4, -0.2) is 48.0 Å². The predicted octanol–water partition coefficient (Wildman–Crippen LogP) is 3.19. The number of hydrogen-bond acceptors (Lipinski definition) is 2. The van der Waals surface area contributed by atoms with E-state index < -0.39 is 0 Å². The summed E-state index contributed by atoms with van der Waals surface area (Å²) < 4.78 is 0.306. The monoisotopic (exact) mass is 305 g/mol. The highest BCUT2D eigenvalue weighted by Gasteiger charge is 2.28. The van der Waals surface area contributed by atoms with E-state index in [9.17, 15) is 0 Å². The fraction of sp³-hybridized carbons (Fsp3) is 0.588. The molecule has 3 nitrogen and oxygen atoms in total. The number of thioether (sulfide) groups is 1. The Morgan fingerprint density at radius 3 is 2.71 bits per heavy atom. The topological polar surface area (TPSA) is 27.6 Å². The maximum Gasteiger partial charge on any atom is 0.193 e. The highest BCUT2D eigenvalue weighted by Crippen LogP contribution is 2.29. The van der Waals surface area contributed by atoms with Crippen molar-refractivity contribution >= 4 is 17.7 Å². The summed E-state index contributed by atoms with van der Waals surface area (Å²) in [5.41, 5.74) is 1.37. The summed E-state index contributed by atoms with van der Waals surface area (Å²) in [7, 11) is 1.88. The maximum absolute atomic E-state index is 4.47. The quantitative estimate of drug-likeness (QED) is 0.686. The van der Waals surface area contributed by atoms with E-state index in [1.807, 2.05) is 18.8 Å². The van der Waals surface area contributed by atoms with Crippen molar-refractivity contribution in [3.63, 3.8) is 0 Å². The van der Waals surface area contributed by atoms with E-state index in [0.29, 0.717) is 10.7 Å². The summed E-state index contributed by atoms with van der Waals surface area (Å²) in [6.07, 6.45) is 0. The van der Waals surface area contributed by atoms with Crippen LogP contribution in [0.1, 0.15) is 32.3 Å². The lowest BCUT2D eigenvalue weighted by Gasteiger charge is -2.39. The average molecular weight is 305 g/mol.